The molecular formula is C68H126O6. The summed E-state index contributed by atoms with van der Waals surface area (Å²) in [6.45, 7) is 6.67. The Bertz CT molecular complexity index is 1240. The molecule has 1 unspecified atom stereocenters. The quantitative estimate of drug-likeness (QED) is 0.0261. The van der Waals surface area contributed by atoms with E-state index in [4.69, 9.17) is 14.2 Å². The summed E-state index contributed by atoms with van der Waals surface area (Å²) in [5, 5.41) is 0. The molecule has 74 heavy (non-hydrogen) atoms. The van der Waals surface area contributed by atoms with Gasteiger partial charge in [-0.1, -0.05) is 301 Å². The van der Waals surface area contributed by atoms with E-state index >= 15 is 0 Å². The molecule has 0 aliphatic carbocycles. The van der Waals surface area contributed by atoms with Crippen molar-refractivity contribution in [2.24, 2.45) is 0 Å². The lowest BCUT2D eigenvalue weighted by Crippen LogP contribution is -2.30. The van der Waals surface area contributed by atoms with E-state index in [9.17, 15) is 14.4 Å². The predicted octanol–water partition coefficient (Wildman–Crippen LogP) is 22.4. The number of carbonyl (C=O) groups is 3. The molecule has 0 bridgehead atoms. The molecule has 0 spiro atoms. The normalized spacial score (nSPS) is 12.2. The van der Waals surface area contributed by atoms with Crippen molar-refractivity contribution in [3.05, 3.63) is 36.5 Å². The van der Waals surface area contributed by atoms with E-state index in [1.807, 2.05) is 0 Å². The third kappa shape index (κ3) is 60.5. The number of ether oxygens (including phenoxy) is 3. The Labute approximate surface area is 461 Å². The SMILES string of the molecule is CCCCCCC/C=C\C/C=C\CCCCCCCCCCCCCCCCCCCC(=O)OCC(COC(=O)CCCCCCCCCCCCCCC)OC(=O)CCCCCCC/C=C\CCCCCCC. The number of carbonyl (C=O) groups excluding carboxylic acids is 3. The van der Waals surface area contributed by atoms with Gasteiger partial charge >= 0.3 is 17.9 Å². The fraction of sp³-hybridized carbons (Fsp3) is 0.868. The fourth-order valence-electron chi connectivity index (χ4n) is 9.88. The Morgan fingerprint density at radius 2 is 0.486 bits per heavy atom. The number of unbranched alkanes of at least 4 members (excludes halogenated alkanes) is 44. The van der Waals surface area contributed by atoms with Gasteiger partial charge in [0.1, 0.15) is 13.2 Å². The Balaban J connectivity index is 4.15. The second-order valence-electron chi connectivity index (χ2n) is 22.4. The van der Waals surface area contributed by atoms with E-state index in [2.05, 4.69) is 57.2 Å². The molecule has 0 saturated carbocycles. The molecule has 0 aromatic heterocycles. The standard InChI is InChI=1S/C68H126O6/c1-4-7-10-13-16-19-22-25-27-28-29-30-31-32-33-34-35-36-37-38-39-40-41-44-46-49-52-55-58-61-67(70)73-64-65(63-72-66(69)60-57-54-51-48-45-42-24-21-18-15-12-9-6-3)74-68(71)62-59-56-53-50-47-43-26-23-20-17-14-11-8-5-2/h22-23,25-26,28-29,65H,4-21,24,27,30-64H2,1-3H3/b25-22-,26-23-,29-28-. The molecule has 0 rings (SSSR count). The van der Waals surface area contributed by atoms with Gasteiger partial charge in [-0.05, 0) is 77.0 Å². The van der Waals surface area contributed by atoms with Crippen molar-refractivity contribution >= 4 is 17.9 Å². The van der Waals surface area contributed by atoms with Gasteiger partial charge in [0.05, 0.1) is 0 Å². The number of rotatable bonds is 61. The van der Waals surface area contributed by atoms with Crippen LogP contribution in [0.5, 0.6) is 0 Å². The molecule has 0 heterocycles. The van der Waals surface area contributed by atoms with Gasteiger partial charge in [0, 0.05) is 19.3 Å². The number of hydrogen-bond acceptors (Lipinski definition) is 6. The van der Waals surface area contributed by atoms with Crippen LogP contribution in [0.1, 0.15) is 361 Å². The molecule has 0 aliphatic heterocycles. The van der Waals surface area contributed by atoms with Crippen molar-refractivity contribution in [1.29, 1.82) is 0 Å². The lowest BCUT2D eigenvalue weighted by molar-refractivity contribution is -0.167. The van der Waals surface area contributed by atoms with Gasteiger partial charge in [0.15, 0.2) is 6.10 Å². The zero-order valence-electron chi connectivity index (χ0n) is 49.9. The second kappa shape index (κ2) is 63.2. The largest absolute Gasteiger partial charge is 0.462 e. The summed E-state index contributed by atoms with van der Waals surface area (Å²) in [5.41, 5.74) is 0. The third-order valence-corrected chi connectivity index (χ3v) is 14.9. The molecule has 0 saturated heterocycles. The van der Waals surface area contributed by atoms with E-state index in [-0.39, 0.29) is 31.1 Å². The molecule has 0 aliphatic rings. The maximum Gasteiger partial charge on any atom is 0.306 e. The summed E-state index contributed by atoms with van der Waals surface area (Å²) in [7, 11) is 0. The molecule has 0 N–H and O–H groups in total. The van der Waals surface area contributed by atoms with E-state index in [1.165, 1.54) is 250 Å². The second-order valence-corrected chi connectivity index (χ2v) is 22.4. The molecule has 434 valence electrons. The van der Waals surface area contributed by atoms with Gasteiger partial charge in [0.25, 0.3) is 0 Å². The summed E-state index contributed by atoms with van der Waals surface area (Å²) in [5.74, 6) is -0.855. The molecule has 1 atom stereocenters. The average molecular weight is 1040 g/mol. The highest BCUT2D eigenvalue weighted by atomic mass is 16.6. The van der Waals surface area contributed by atoms with Crippen LogP contribution in [0.3, 0.4) is 0 Å². The molecule has 6 nitrogen and oxygen atoms in total. The molecule has 0 aromatic rings. The highest BCUT2D eigenvalue weighted by Crippen LogP contribution is 2.18. The van der Waals surface area contributed by atoms with Gasteiger partial charge < -0.3 is 14.2 Å². The van der Waals surface area contributed by atoms with Crippen LogP contribution in [0.4, 0.5) is 0 Å². The zero-order chi connectivity index (χ0) is 53.6. The third-order valence-electron chi connectivity index (χ3n) is 14.9. The Morgan fingerprint density at radius 1 is 0.270 bits per heavy atom. The van der Waals surface area contributed by atoms with Crippen LogP contribution in [-0.2, 0) is 28.6 Å². The minimum Gasteiger partial charge on any atom is -0.462 e. The van der Waals surface area contributed by atoms with Gasteiger partial charge in [0.2, 0.25) is 0 Å². The first kappa shape index (κ1) is 71.6. The smallest absolute Gasteiger partial charge is 0.306 e. The summed E-state index contributed by atoms with van der Waals surface area (Å²) >= 11 is 0. The highest BCUT2D eigenvalue weighted by molar-refractivity contribution is 5.71. The van der Waals surface area contributed by atoms with Crippen molar-refractivity contribution in [1.82, 2.24) is 0 Å². The minimum atomic E-state index is -0.772. The number of allylic oxidation sites excluding steroid dienone is 6. The molecular weight excluding hydrogens is 913 g/mol. The van der Waals surface area contributed by atoms with Crippen molar-refractivity contribution in [2.75, 3.05) is 13.2 Å². The maximum absolute atomic E-state index is 12.9. The van der Waals surface area contributed by atoms with Crippen molar-refractivity contribution in [2.45, 2.75) is 367 Å². The number of hydrogen-bond donors (Lipinski definition) is 0. The van der Waals surface area contributed by atoms with Crippen LogP contribution in [0.25, 0.3) is 0 Å². The van der Waals surface area contributed by atoms with Gasteiger partial charge in [-0.2, -0.15) is 0 Å². The first-order chi connectivity index (χ1) is 36.5. The topological polar surface area (TPSA) is 78.9 Å². The van der Waals surface area contributed by atoms with E-state index < -0.39 is 6.10 Å². The molecule has 0 radical (unpaired) electrons. The van der Waals surface area contributed by atoms with Crippen LogP contribution in [0.2, 0.25) is 0 Å². The minimum absolute atomic E-state index is 0.0701. The van der Waals surface area contributed by atoms with E-state index in [1.54, 1.807) is 0 Å². The summed E-state index contributed by atoms with van der Waals surface area (Å²) in [6.07, 6.45) is 77.4. The molecule has 0 aromatic carbocycles. The van der Waals surface area contributed by atoms with Crippen molar-refractivity contribution in [3.63, 3.8) is 0 Å². The highest BCUT2D eigenvalue weighted by Gasteiger charge is 2.19. The lowest BCUT2D eigenvalue weighted by Gasteiger charge is -2.18. The molecule has 6 heteroatoms. The van der Waals surface area contributed by atoms with Crippen LogP contribution < -0.4 is 0 Å². The first-order valence-corrected chi connectivity index (χ1v) is 33.0. The van der Waals surface area contributed by atoms with Crippen molar-refractivity contribution in [3.8, 4) is 0 Å². The van der Waals surface area contributed by atoms with E-state index in [0.29, 0.717) is 19.3 Å². The van der Waals surface area contributed by atoms with E-state index in [0.717, 1.165) is 70.6 Å². The van der Waals surface area contributed by atoms with Gasteiger partial charge in [-0.3, -0.25) is 14.4 Å². The Morgan fingerprint density at radius 3 is 0.757 bits per heavy atom. The Hall–Kier alpha value is -2.37. The van der Waals surface area contributed by atoms with Crippen LogP contribution in [0, 0.1) is 0 Å². The number of esters is 3. The Kier molecular flexibility index (Phi) is 61.1. The van der Waals surface area contributed by atoms with Crippen LogP contribution >= 0.6 is 0 Å². The van der Waals surface area contributed by atoms with Crippen molar-refractivity contribution < 1.29 is 28.6 Å². The monoisotopic (exact) mass is 1040 g/mol. The zero-order valence-corrected chi connectivity index (χ0v) is 49.9. The summed E-state index contributed by atoms with van der Waals surface area (Å²) in [4.78, 5) is 38.2. The molecule has 0 amide bonds. The first-order valence-electron chi connectivity index (χ1n) is 33.0. The molecule has 0 fully saturated rings. The van der Waals surface area contributed by atoms with Crippen LogP contribution in [0.15, 0.2) is 36.5 Å². The average Bonchev–Trinajstić information content (AvgIpc) is 3.40. The lowest BCUT2D eigenvalue weighted by atomic mass is 10.0. The summed E-state index contributed by atoms with van der Waals surface area (Å²) in [6, 6.07) is 0. The van der Waals surface area contributed by atoms with Crippen LogP contribution in [-0.4, -0.2) is 37.2 Å². The summed E-state index contributed by atoms with van der Waals surface area (Å²) < 4.78 is 16.9. The maximum atomic E-state index is 12.9. The van der Waals surface area contributed by atoms with Gasteiger partial charge in [-0.25, -0.2) is 0 Å². The van der Waals surface area contributed by atoms with Gasteiger partial charge in [-0.15, -0.1) is 0 Å². The fourth-order valence-corrected chi connectivity index (χ4v) is 9.88. The predicted molar refractivity (Wildman–Crippen MR) is 321 cm³/mol.